The molecule has 15 heterocycles. The molecule has 140 heavy (non-hydrogen) atoms. The molecule has 0 amide bonds. The Bertz CT molecular complexity index is 1980. The van der Waals surface area contributed by atoms with E-state index in [9.17, 15) is 0 Å². The molecule has 0 N–H and O–H groups in total. The quantitative estimate of drug-likeness (QED) is 0.207. The Morgan fingerprint density at radius 1 is 0.0786 bits per heavy atom. The second kappa shape index (κ2) is 80.9. The van der Waals surface area contributed by atoms with Gasteiger partial charge in [-0.2, -0.15) is 0 Å². The molecule has 30 nitrogen and oxygen atoms in total. The van der Waals surface area contributed by atoms with Crippen LogP contribution >= 0.6 is 0 Å². The summed E-state index contributed by atoms with van der Waals surface area (Å²) in [5, 5.41) is 126. The average molecular weight is 2010 g/mol. The predicted octanol–water partition coefficient (Wildman–Crippen LogP) is -1.04. The minimum atomic E-state index is -2.92. The fraction of sp³-hybridized carbons (Fsp3) is 1.00. The van der Waals surface area contributed by atoms with Crippen molar-refractivity contribution in [2.45, 2.75) is 289 Å². The molecule has 15 fully saturated rings. The number of hydrogen-bond donors (Lipinski definition) is 0. The van der Waals surface area contributed by atoms with Crippen LogP contribution in [-0.2, 0) is 0 Å². The van der Waals surface area contributed by atoms with Crippen molar-refractivity contribution in [1.82, 2.24) is 0 Å². The highest BCUT2D eigenvalue weighted by atomic mass is 16.5. The van der Waals surface area contributed by atoms with Crippen molar-refractivity contribution < 1.29 is 143 Å². The minimum Gasteiger partial charge on any atom is -0.907 e. The molecule has 0 aromatic carbocycles. The fourth-order valence-corrected chi connectivity index (χ4v) is 20.5. The van der Waals surface area contributed by atoms with Crippen LogP contribution in [-0.4, -0.2) is 512 Å². The van der Waals surface area contributed by atoms with Gasteiger partial charge in [-0.1, -0.05) is 0 Å². The highest BCUT2D eigenvalue weighted by Crippen LogP contribution is 2.22. The molecule has 0 bridgehead atoms. The summed E-state index contributed by atoms with van der Waals surface area (Å²) in [4.78, 5) is 0. The smallest absolute Gasteiger partial charge is 0.0782 e. The third-order valence-corrected chi connectivity index (χ3v) is 30.4. The Morgan fingerprint density at radius 2 is 0.107 bits per heavy atom. The number of nitrogens with zero attached hydrogens (tertiary/aromatic N) is 15. The number of piperidine rings is 15. The summed E-state index contributed by atoms with van der Waals surface area (Å²) in [5.74, 6) is 0. The van der Waals surface area contributed by atoms with E-state index in [1.807, 2.05) is 0 Å². The predicted molar refractivity (Wildman–Crippen MR) is 564 cm³/mol. The first-order chi connectivity index (χ1) is 64.3. The first-order valence-corrected chi connectivity index (χ1v) is 56.4. The van der Waals surface area contributed by atoms with Crippen LogP contribution in [0.15, 0.2) is 0 Å². The van der Waals surface area contributed by atoms with Crippen molar-refractivity contribution in [3.8, 4) is 0 Å². The van der Waals surface area contributed by atoms with E-state index >= 15 is 0 Å². The van der Waals surface area contributed by atoms with Crippen LogP contribution in [0.25, 0.3) is 0 Å². The van der Waals surface area contributed by atoms with Crippen LogP contribution in [0.5, 0.6) is 0 Å². The zero-order chi connectivity index (χ0) is 108. The summed E-state index contributed by atoms with van der Waals surface area (Å²) in [6.07, 6.45) is 65.0. The number of hydrogen-bond acceptors (Lipinski definition) is 15. The highest BCUT2D eigenvalue weighted by Gasteiger charge is 2.28. The molecule has 0 spiro atoms. The van der Waals surface area contributed by atoms with Crippen LogP contribution in [0.4, 0.5) is 0 Å². The molecule has 0 aromatic heterocycles. The molecule has 0 radical (unpaired) electrons. The van der Waals surface area contributed by atoms with Gasteiger partial charge in [0.05, 0.1) is 408 Å². The SMILES string of the molecule is C[N+]1(C)CCCCC1.C[N+]1(C)CCCCC1.C[N+]1(C)CCCCC1.C[N+]1(C)CCCCC1.C[N+]1(C)CCCCC1.C[N+]1(C)CCCCC1.C[N+]1(C)CCCCC1.C[N+]1(C)CCCCC1.C[N+]1(C)CCCCC1.C[N+]1(C)CCCCC1.C[N+]1(C)CCCCC1.C[N+]1(C)CCCCC1.C[N+]1(C)CCCCC1.C[N+]1(C)CCCCC1.C[N+]1(C)CCCCC1.[O-]B([O-])[O-].[O-]B([O-])[O-].[O-]B([O-])[O-].[O-]B([O-])[O-].[O-]B([O-])[O-]. The molecule has 0 aromatic rings. The summed E-state index contributed by atoms with van der Waals surface area (Å²) in [5.41, 5.74) is 0. The first-order valence-electron chi connectivity index (χ1n) is 56.4. The van der Waals surface area contributed by atoms with E-state index in [0.717, 1.165) is 0 Å². The molecule has 840 valence electrons. The van der Waals surface area contributed by atoms with Crippen molar-refractivity contribution in [1.29, 1.82) is 0 Å². The second-order valence-corrected chi connectivity index (χ2v) is 53.1. The summed E-state index contributed by atoms with van der Waals surface area (Å²) in [7, 11) is 55.0. The summed E-state index contributed by atoms with van der Waals surface area (Å²) in [6, 6.07) is 0. The minimum absolute atomic E-state index is 1.25. The maximum absolute atomic E-state index is 8.42. The van der Waals surface area contributed by atoms with Gasteiger partial charge in [0.15, 0.2) is 0 Å². The van der Waals surface area contributed by atoms with Gasteiger partial charge in [-0.25, -0.2) is 0 Å². The Morgan fingerprint density at radius 3 is 0.121 bits per heavy atom. The maximum Gasteiger partial charge on any atom is 0.0782 e. The zero-order valence-corrected chi connectivity index (χ0v) is 98.8. The summed E-state index contributed by atoms with van der Waals surface area (Å²) < 4.78 is 18.8. The van der Waals surface area contributed by atoms with Crippen molar-refractivity contribution in [3.63, 3.8) is 0 Å². The molecular weight excluding hydrogens is 1770 g/mol. The standard InChI is InChI=1S/15C7H16N.5BO3/c15*1-8(2)6-4-3-5-7-8;5*2-1(3)4/h15*3-7H2,1-2H3;;;;;/q15*+1;5*-3. The van der Waals surface area contributed by atoms with Crippen LogP contribution in [0.2, 0.25) is 0 Å². The molecule has 15 saturated heterocycles. The molecule has 0 atom stereocenters. The van der Waals surface area contributed by atoms with Gasteiger partial charge in [0.2, 0.25) is 0 Å². The van der Waals surface area contributed by atoms with Crippen LogP contribution in [0.1, 0.15) is 289 Å². The van der Waals surface area contributed by atoms with E-state index < -0.39 is 36.6 Å². The second-order valence-electron chi connectivity index (χ2n) is 53.1. The van der Waals surface area contributed by atoms with Gasteiger partial charge in [0.1, 0.15) is 0 Å². The molecule has 15 rings (SSSR count). The molecule has 15 aliphatic heterocycles. The zero-order valence-electron chi connectivity index (χ0n) is 98.8. The molecule has 35 heteroatoms. The molecule has 0 saturated carbocycles. The van der Waals surface area contributed by atoms with Gasteiger partial charge < -0.3 is 143 Å². The number of quaternary nitrogens is 15. The van der Waals surface area contributed by atoms with Gasteiger partial charge in [0, 0.05) is 0 Å². The van der Waals surface area contributed by atoms with Crippen molar-refractivity contribution in [2.24, 2.45) is 0 Å². The highest BCUT2D eigenvalue weighted by molar-refractivity contribution is 6.24. The van der Waals surface area contributed by atoms with Crippen LogP contribution in [0, 0.1) is 0 Å². The number of rotatable bonds is 0. The van der Waals surface area contributed by atoms with E-state index in [1.165, 1.54) is 553 Å². The monoisotopic (exact) mass is 2010 g/mol. The summed E-state index contributed by atoms with van der Waals surface area (Å²) >= 11 is 0. The normalized spacial score (nSPS) is 24.8. The molecule has 0 unspecified atom stereocenters. The lowest BCUT2D eigenvalue weighted by atomic mass is 10.1. The first kappa shape index (κ1) is 148. The molecule has 15 aliphatic rings. The van der Waals surface area contributed by atoms with Gasteiger partial charge in [0.25, 0.3) is 0 Å². The average Bonchev–Trinajstić information content (AvgIpc) is 1.04. The van der Waals surface area contributed by atoms with Crippen LogP contribution in [0.3, 0.4) is 0 Å². The van der Waals surface area contributed by atoms with E-state index in [0.29, 0.717) is 0 Å². The van der Waals surface area contributed by atoms with E-state index in [1.54, 1.807) is 0 Å². The Hall–Kier alpha value is -0.875. The lowest BCUT2D eigenvalue weighted by Crippen LogP contribution is -2.56. The van der Waals surface area contributed by atoms with E-state index in [2.05, 4.69) is 211 Å². The molecular formula is C105H240B5N15O15. The van der Waals surface area contributed by atoms with E-state index in [-0.39, 0.29) is 0 Å². The van der Waals surface area contributed by atoms with Gasteiger partial charge in [-0.05, 0) is 289 Å². The van der Waals surface area contributed by atoms with Gasteiger partial charge in [-0.15, -0.1) is 0 Å². The molecule has 0 aliphatic carbocycles. The van der Waals surface area contributed by atoms with Crippen molar-refractivity contribution in [2.75, 3.05) is 408 Å². The van der Waals surface area contributed by atoms with Crippen molar-refractivity contribution in [3.05, 3.63) is 0 Å². The lowest BCUT2D eigenvalue weighted by Gasteiger charge is -2.35. The Kier molecular flexibility index (Phi) is 85.3. The Labute approximate surface area is 871 Å². The topological polar surface area (TPSA) is 346 Å². The summed E-state index contributed by atoms with van der Waals surface area (Å²) in [6.45, 7) is 41.7. The maximum atomic E-state index is 8.42. The fourth-order valence-electron chi connectivity index (χ4n) is 20.5. The third-order valence-electron chi connectivity index (χ3n) is 30.4. The lowest BCUT2D eigenvalue weighted by molar-refractivity contribution is -0.894. The van der Waals surface area contributed by atoms with Crippen molar-refractivity contribution >= 4 is 36.6 Å². The Balaban J connectivity index is -0.000000459. The van der Waals surface area contributed by atoms with Gasteiger partial charge >= 0.3 is 0 Å². The van der Waals surface area contributed by atoms with E-state index in [4.69, 9.17) is 75.4 Å². The van der Waals surface area contributed by atoms with Gasteiger partial charge in [-0.3, -0.25) is 36.6 Å². The van der Waals surface area contributed by atoms with Crippen LogP contribution < -0.4 is 75.4 Å². The number of likely N-dealkylation sites (tertiary alicyclic amines) is 15. The largest absolute Gasteiger partial charge is 0.907 e. The third kappa shape index (κ3) is 114.